The molecule has 1 saturated heterocycles. The summed E-state index contributed by atoms with van der Waals surface area (Å²) in [6.45, 7) is 5.75. The molecule has 0 bridgehead atoms. The highest BCUT2D eigenvalue weighted by Crippen LogP contribution is 2.21. The van der Waals surface area contributed by atoms with Crippen LogP contribution in [0, 0.1) is 19.8 Å². The largest absolute Gasteiger partial charge is 0.481 e. The van der Waals surface area contributed by atoms with E-state index in [0.717, 1.165) is 6.54 Å². The first-order valence-corrected chi connectivity index (χ1v) is 6.56. The van der Waals surface area contributed by atoms with E-state index >= 15 is 0 Å². The lowest BCUT2D eigenvalue weighted by atomic mass is 10.0. The van der Waals surface area contributed by atoms with E-state index < -0.39 is 11.9 Å². The Hall–Kier alpha value is -1.39. The van der Waals surface area contributed by atoms with Gasteiger partial charge in [0.1, 0.15) is 0 Å². The zero-order valence-corrected chi connectivity index (χ0v) is 11.7. The summed E-state index contributed by atoms with van der Waals surface area (Å²) in [5.41, 5.74) is 3.75. The highest BCUT2D eigenvalue weighted by atomic mass is 16.5. The third-order valence-electron chi connectivity index (χ3n) is 3.94. The van der Waals surface area contributed by atoms with Crippen molar-refractivity contribution in [2.45, 2.75) is 26.4 Å². The molecule has 2 rings (SSSR count). The highest BCUT2D eigenvalue weighted by Gasteiger charge is 2.36. The van der Waals surface area contributed by atoms with Crippen molar-refractivity contribution in [3.63, 3.8) is 0 Å². The number of aliphatic carboxylic acids is 1. The molecule has 1 aromatic carbocycles. The maximum atomic E-state index is 11.2. The monoisotopic (exact) mass is 263 g/mol. The van der Waals surface area contributed by atoms with Gasteiger partial charge in [-0.2, -0.15) is 0 Å². The summed E-state index contributed by atoms with van der Waals surface area (Å²) in [5, 5.41) is 9.17. The standard InChI is InChI=1S/C15H21NO3/c1-10-4-5-12(6-11(10)2)7-16(3)14-9-19-8-13(14)15(17)18/h4-6,13-14H,7-9H2,1-3H3,(H,17,18). The van der Waals surface area contributed by atoms with Gasteiger partial charge in [0.15, 0.2) is 0 Å². The molecule has 19 heavy (non-hydrogen) atoms. The number of nitrogens with zero attached hydrogens (tertiary/aromatic N) is 1. The Morgan fingerprint density at radius 1 is 1.37 bits per heavy atom. The summed E-state index contributed by atoms with van der Waals surface area (Å²) in [6, 6.07) is 6.33. The van der Waals surface area contributed by atoms with Crippen molar-refractivity contribution in [2.24, 2.45) is 5.92 Å². The Labute approximate surface area is 114 Å². The molecule has 1 fully saturated rings. The third kappa shape index (κ3) is 3.14. The molecular weight excluding hydrogens is 242 g/mol. The fourth-order valence-electron chi connectivity index (χ4n) is 2.52. The number of ether oxygens (including phenoxy) is 1. The maximum Gasteiger partial charge on any atom is 0.310 e. The second-order valence-corrected chi connectivity index (χ2v) is 5.38. The molecule has 0 saturated carbocycles. The molecule has 1 aromatic rings. The Morgan fingerprint density at radius 2 is 2.11 bits per heavy atom. The normalized spacial score (nSPS) is 22.9. The zero-order valence-electron chi connectivity index (χ0n) is 11.7. The molecule has 0 aromatic heterocycles. The molecule has 4 nitrogen and oxygen atoms in total. The van der Waals surface area contributed by atoms with Gasteiger partial charge in [0, 0.05) is 12.6 Å². The van der Waals surface area contributed by atoms with Gasteiger partial charge in [0.25, 0.3) is 0 Å². The van der Waals surface area contributed by atoms with Crippen LogP contribution in [-0.4, -0.2) is 42.3 Å². The Kier molecular flexibility index (Phi) is 4.22. The molecule has 1 N–H and O–H groups in total. The topological polar surface area (TPSA) is 49.8 Å². The molecule has 0 spiro atoms. The van der Waals surface area contributed by atoms with Crippen LogP contribution in [0.3, 0.4) is 0 Å². The van der Waals surface area contributed by atoms with Gasteiger partial charge in [0.05, 0.1) is 19.1 Å². The first kappa shape index (κ1) is 14.0. The van der Waals surface area contributed by atoms with Crippen molar-refractivity contribution in [2.75, 3.05) is 20.3 Å². The van der Waals surface area contributed by atoms with Gasteiger partial charge >= 0.3 is 5.97 Å². The first-order valence-electron chi connectivity index (χ1n) is 6.56. The van der Waals surface area contributed by atoms with Crippen LogP contribution in [0.5, 0.6) is 0 Å². The second-order valence-electron chi connectivity index (χ2n) is 5.38. The predicted octanol–water partition coefficient (Wildman–Crippen LogP) is 1.83. The van der Waals surface area contributed by atoms with Crippen molar-refractivity contribution in [3.8, 4) is 0 Å². The number of hydrogen-bond donors (Lipinski definition) is 1. The lowest BCUT2D eigenvalue weighted by Gasteiger charge is -2.26. The van der Waals surface area contributed by atoms with Crippen LogP contribution in [0.2, 0.25) is 0 Å². The van der Waals surface area contributed by atoms with Crippen LogP contribution < -0.4 is 0 Å². The molecule has 2 atom stereocenters. The van der Waals surface area contributed by atoms with Gasteiger partial charge in [-0.3, -0.25) is 9.69 Å². The number of benzene rings is 1. The molecule has 1 aliphatic heterocycles. The van der Waals surface area contributed by atoms with Crippen LogP contribution in [0.25, 0.3) is 0 Å². The maximum absolute atomic E-state index is 11.2. The van der Waals surface area contributed by atoms with Crippen molar-refractivity contribution >= 4 is 5.97 Å². The van der Waals surface area contributed by atoms with E-state index in [2.05, 4.69) is 36.9 Å². The zero-order chi connectivity index (χ0) is 14.0. The van der Waals surface area contributed by atoms with Gasteiger partial charge in [-0.05, 0) is 37.6 Å². The first-order chi connectivity index (χ1) is 8.99. The number of carboxylic acid groups (broad SMARTS) is 1. The molecule has 2 unspecified atom stereocenters. The van der Waals surface area contributed by atoms with E-state index in [-0.39, 0.29) is 6.04 Å². The number of hydrogen-bond acceptors (Lipinski definition) is 3. The minimum Gasteiger partial charge on any atom is -0.481 e. The van der Waals surface area contributed by atoms with Crippen molar-refractivity contribution in [3.05, 3.63) is 34.9 Å². The molecule has 104 valence electrons. The van der Waals surface area contributed by atoms with E-state index in [1.54, 1.807) is 0 Å². The average molecular weight is 263 g/mol. The Morgan fingerprint density at radius 3 is 2.74 bits per heavy atom. The molecule has 0 radical (unpaired) electrons. The van der Waals surface area contributed by atoms with Crippen molar-refractivity contribution < 1.29 is 14.6 Å². The summed E-state index contributed by atoms with van der Waals surface area (Å²) in [5.74, 6) is -1.19. The SMILES string of the molecule is Cc1ccc(CN(C)C2COCC2C(=O)O)cc1C. The van der Waals surface area contributed by atoms with Crippen LogP contribution in [0.4, 0.5) is 0 Å². The molecule has 0 aliphatic carbocycles. The summed E-state index contributed by atoms with van der Waals surface area (Å²) in [7, 11) is 1.96. The fourth-order valence-corrected chi connectivity index (χ4v) is 2.52. The van der Waals surface area contributed by atoms with Gasteiger partial charge in [-0.1, -0.05) is 18.2 Å². The van der Waals surface area contributed by atoms with Crippen molar-refractivity contribution in [1.82, 2.24) is 4.90 Å². The quantitative estimate of drug-likeness (QED) is 0.900. The number of rotatable bonds is 4. The molecule has 1 aliphatic rings. The molecule has 1 heterocycles. The van der Waals surface area contributed by atoms with Crippen molar-refractivity contribution in [1.29, 1.82) is 0 Å². The number of aryl methyl sites for hydroxylation is 2. The van der Waals surface area contributed by atoms with E-state index in [0.29, 0.717) is 13.2 Å². The smallest absolute Gasteiger partial charge is 0.310 e. The van der Waals surface area contributed by atoms with Crippen LogP contribution in [-0.2, 0) is 16.1 Å². The number of carbonyl (C=O) groups is 1. The number of carboxylic acids is 1. The number of likely N-dealkylation sites (N-methyl/N-ethyl adjacent to an activating group) is 1. The molecule has 4 heteroatoms. The lowest BCUT2D eigenvalue weighted by Crippen LogP contribution is -2.40. The van der Waals surface area contributed by atoms with Gasteiger partial charge in [-0.25, -0.2) is 0 Å². The van der Waals surface area contributed by atoms with E-state index in [9.17, 15) is 9.90 Å². The summed E-state index contributed by atoms with van der Waals surface area (Å²) < 4.78 is 5.31. The summed E-state index contributed by atoms with van der Waals surface area (Å²) in [6.07, 6.45) is 0. The third-order valence-corrected chi connectivity index (χ3v) is 3.94. The average Bonchev–Trinajstić information content (AvgIpc) is 2.83. The van der Waals surface area contributed by atoms with Gasteiger partial charge in [-0.15, -0.1) is 0 Å². The van der Waals surface area contributed by atoms with Gasteiger partial charge < -0.3 is 9.84 Å². The fraction of sp³-hybridized carbons (Fsp3) is 0.533. The minimum absolute atomic E-state index is 0.0425. The Balaban J connectivity index is 2.05. The molecular formula is C15H21NO3. The van der Waals surface area contributed by atoms with E-state index in [4.69, 9.17) is 4.74 Å². The van der Waals surface area contributed by atoms with Crippen LogP contribution in [0.1, 0.15) is 16.7 Å². The summed E-state index contributed by atoms with van der Waals surface area (Å²) in [4.78, 5) is 13.2. The lowest BCUT2D eigenvalue weighted by molar-refractivity contribution is -0.143. The predicted molar refractivity (Wildman–Crippen MR) is 73.1 cm³/mol. The van der Waals surface area contributed by atoms with E-state index in [1.807, 2.05) is 7.05 Å². The second kappa shape index (κ2) is 5.72. The van der Waals surface area contributed by atoms with E-state index in [1.165, 1.54) is 16.7 Å². The summed E-state index contributed by atoms with van der Waals surface area (Å²) >= 11 is 0. The highest BCUT2D eigenvalue weighted by molar-refractivity contribution is 5.71. The Bertz CT molecular complexity index is 472. The van der Waals surface area contributed by atoms with Gasteiger partial charge in [0.2, 0.25) is 0 Å². The molecule has 0 amide bonds. The minimum atomic E-state index is -0.769. The van der Waals surface area contributed by atoms with Crippen LogP contribution >= 0.6 is 0 Å². The van der Waals surface area contributed by atoms with Crippen LogP contribution in [0.15, 0.2) is 18.2 Å².